The molecular formula is C17H21NO2S. The number of esters is 1. The minimum Gasteiger partial charge on any atom is -0.465 e. The van der Waals surface area contributed by atoms with Crippen molar-refractivity contribution in [2.24, 2.45) is 0 Å². The Morgan fingerprint density at radius 2 is 2.10 bits per heavy atom. The molecule has 0 saturated carbocycles. The van der Waals surface area contributed by atoms with E-state index < -0.39 is 0 Å². The summed E-state index contributed by atoms with van der Waals surface area (Å²) in [7, 11) is 1.41. The lowest BCUT2D eigenvalue weighted by Gasteiger charge is -2.17. The number of nitrogens with one attached hydrogen (secondary N) is 1. The van der Waals surface area contributed by atoms with Crippen LogP contribution in [0.5, 0.6) is 0 Å². The fourth-order valence-corrected chi connectivity index (χ4v) is 3.20. The van der Waals surface area contributed by atoms with Crippen LogP contribution in [-0.2, 0) is 11.2 Å². The zero-order valence-corrected chi connectivity index (χ0v) is 13.7. The van der Waals surface area contributed by atoms with Crippen LogP contribution in [0.15, 0.2) is 30.3 Å². The largest absolute Gasteiger partial charge is 0.465 e. The fraction of sp³-hybridized carbons (Fsp3) is 0.353. The monoisotopic (exact) mass is 303 g/mol. The first kappa shape index (κ1) is 15.6. The van der Waals surface area contributed by atoms with Crippen LogP contribution in [0.3, 0.4) is 0 Å². The topological polar surface area (TPSA) is 38.3 Å². The van der Waals surface area contributed by atoms with Gasteiger partial charge in [-0.1, -0.05) is 13.0 Å². The molecule has 21 heavy (non-hydrogen) atoms. The maximum atomic E-state index is 11.7. The van der Waals surface area contributed by atoms with Gasteiger partial charge < -0.3 is 10.1 Å². The Kier molecular flexibility index (Phi) is 5.02. The van der Waals surface area contributed by atoms with Gasteiger partial charge in [-0.15, -0.1) is 11.3 Å². The smallest absolute Gasteiger partial charge is 0.338 e. The number of carbonyl (C=O) groups is 1. The third kappa shape index (κ3) is 3.45. The molecule has 0 aliphatic rings. The number of thiophene rings is 1. The Morgan fingerprint density at radius 1 is 1.33 bits per heavy atom. The lowest BCUT2D eigenvalue weighted by Crippen LogP contribution is -2.09. The van der Waals surface area contributed by atoms with Crippen molar-refractivity contribution in [1.82, 2.24) is 0 Å². The summed E-state index contributed by atoms with van der Waals surface area (Å²) in [5, 5.41) is 3.49. The van der Waals surface area contributed by atoms with E-state index in [0.717, 1.165) is 17.7 Å². The van der Waals surface area contributed by atoms with E-state index in [1.807, 2.05) is 30.4 Å². The van der Waals surface area contributed by atoms with E-state index >= 15 is 0 Å². The van der Waals surface area contributed by atoms with E-state index in [1.165, 1.54) is 16.9 Å². The van der Waals surface area contributed by atoms with Gasteiger partial charge in [0.15, 0.2) is 0 Å². The van der Waals surface area contributed by atoms with Gasteiger partial charge in [0.05, 0.1) is 18.7 Å². The van der Waals surface area contributed by atoms with Crippen LogP contribution < -0.4 is 5.32 Å². The molecule has 2 rings (SSSR count). The highest BCUT2D eigenvalue weighted by atomic mass is 32.1. The molecule has 1 aromatic heterocycles. The highest BCUT2D eigenvalue weighted by molar-refractivity contribution is 7.12. The Labute approximate surface area is 130 Å². The Balaban J connectivity index is 2.21. The maximum absolute atomic E-state index is 11.7. The van der Waals surface area contributed by atoms with Crippen LogP contribution in [0.1, 0.15) is 45.6 Å². The quantitative estimate of drug-likeness (QED) is 0.822. The van der Waals surface area contributed by atoms with Crippen molar-refractivity contribution < 1.29 is 9.53 Å². The Hall–Kier alpha value is -1.81. The maximum Gasteiger partial charge on any atom is 0.338 e. The second kappa shape index (κ2) is 6.76. The number of hydrogen-bond donors (Lipinski definition) is 1. The van der Waals surface area contributed by atoms with Crippen LogP contribution >= 0.6 is 11.3 Å². The van der Waals surface area contributed by atoms with Gasteiger partial charge in [-0.2, -0.15) is 0 Å². The second-order valence-electron chi connectivity index (χ2n) is 4.99. The van der Waals surface area contributed by atoms with Crippen LogP contribution in [0, 0.1) is 6.92 Å². The first-order valence-corrected chi connectivity index (χ1v) is 7.91. The molecule has 1 unspecified atom stereocenters. The van der Waals surface area contributed by atoms with Crippen LogP contribution in [0.2, 0.25) is 0 Å². The van der Waals surface area contributed by atoms with Crippen molar-refractivity contribution >= 4 is 23.0 Å². The number of rotatable bonds is 5. The molecule has 4 heteroatoms. The standard InChI is InChI=1S/C17H21NO2S/c1-5-13-9-10-16(21-13)12(3)18-15-8-6-7-14(11(15)2)17(19)20-4/h6-10,12,18H,5H2,1-4H3. The molecule has 0 saturated heterocycles. The Bertz CT molecular complexity index is 633. The average molecular weight is 303 g/mol. The molecule has 0 aliphatic heterocycles. The van der Waals surface area contributed by atoms with Crippen molar-refractivity contribution in [2.75, 3.05) is 12.4 Å². The predicted molar refractivity (Wildman–Crippen MR) is 88.3 cm³/mol. The molecule has 112 valence electrons. The van der Waals surface area contributed by atoms with Gasteiger partial charge in [0.2, 0.25) is 0 Å². The number of hydrogen-bond acceptors (Lipinski definition) is 4. The molecule has 1 aromatic carbocycles. The van der Waals surface area contributed by atoms with E-state index in [2.05, 4.69) is 31.3 Å². The number of anilines is 1. The van der Waals surface area contributed by atoms with Gasteiger partial charge in [-0.25, -0.2) is 4.79 Å². The third-order valence-corrected chi connectivity index (χ3v) is 4.98. The van der Waals surface area contributed by atoms with Gasteiger partial charge in [0.25, 0.3) is 0 Å². The van der Waals surface area contributed by atoms with Gasteiger partial charge >= 0.3 is 5.97 Å². The predicted octanol–water partition coefficient (Wildman–Crippen LogP) is 4.58. The molecule has 0 bridgehead atoms. The first-order valence-electron chi connectivity index (χ1n) is 7.09. The highest BCUT2D eigenvalue weighted by Gasteiger charge is 2.14. The fourth-order valence-electron chi connectivity index (χ4n) is 2.24. The lowest BCUT2D eigenvalue weighted by molar-refractivity contribution is 0.0600. The first-order chi connectivity index (χ1) is 10.1. The van der Waals surface area contributed by atoms with Crippen molar-refractivity contribution in [1.29, 1.82) is 0 Å². The summed E-state index contributed by atoms with van der Waals surface area (Å²) >= 11 is 1.83. The number of carbonyl (C=O) groups excluding carboxylic acids is 1. The number of aryl methyl sites for hydroxylation is 1. The molecule has 0 aliphatic carbocycles. The lowest BCUT2D eigenvalue weighted by atomic mass is 10.1. The van der Waals surface area contributed by atoms with E-state index in [-0.39, 0.29) is 12.0 Å². The minimum atomic E-state index is -0.298. The average Bonchev–Trinajstić information content (AvgIpc) is 2.97. The SMILES string of the molecule is CCc1ccc(C(C)Nc2cccc(C(=O)OC)c2C)s1. The number of ether oxygens (including phenoxy) is 1. The summed E-state index contributed by atoms with van der Waals surface area (Å²) in [5.74, 6) is -0.298. The van der Waals surface area contributed by atoms with Crippen molar-refractivity contribution in [2.45, 2.75) is 33.2 Å². The van der Waals surface area contributed by atoms with E-state index in [9.17, 15) is 4.79 Å². The third-order valence-electron chi connectivity index (χ3n) is 3.57. The summed E-state index contributed by atoms with van der Waals surface area (Å²) in [6.45, 7) is 6.24. The normalized spacial score (nSPS) is 12.0. The van der Waals surface area contributed by atoms with Gasteiger partial charge in [0, 0.05) is 15.4 Å². The highest BCUT2D eigenvalue weighted by Crippen LogP contribution is 2.28. The molecule has 0 fully saturated rings. The zero-order valence-electron chi connectivity index (χ0n) is 12.9. The molecule has 0 radical (unpaired) electrons. The zero-order chi connectivity index (χ0) is 15.4. The van der Waals surface area contributed by atoms with E-state index in [0.29, 0.717) is 5.56 Å². The van der Waals surface area contributed by atoms with Gasteiger partial charge in [-0.3, -0.25) is 0 Å². The molecular weight excluding hydrogens is 282 g/mol. The van der Waals surface area contributed by atoms with E-state index in [4.69, 9.17) is 4.74 Å². The molecule has 2 aromatic rings. The molecule has 1 atom stereocenters. The summed E-state index contributed by atoms with van der Waals surface area (Å²) in [4.78, 5) is 14.4. The summed E-state index contributed by atoms with van der Waals surface area (Å²) in [5.41, 5.74) is 2.50. The van der Waals surface area contributed by atoms with Gasteiger partial charge in [-0.05, 0) is 50.1 Å². The van der Waals surface area contributed by atoms with Gasteiger partial charge in [0.1, 0.15) is 0 Å². The number of methoxy groups -OCH3 is 1. The van der Waals surface area contributed by atoms with Crippen molar-refractivity contribution in [3.8, 4) is 0 Å². The summed E-state index contributed by atoms with van der Waals surface area (Å²) in [6.07, 6.45) is 1.06. The minimum absolute atomic E-state index is 0.210. The number of benzene rings is 1. The summed E-state index contributed by atoms with van der Waals surface area (Å²) in [6, 6.07) is 10.2. The van der Waals surface area contributed by atoms with Crippen molar-refractivity contribution in [3.63, 3.8) is 0 Å². The molecule has 3 nitrogen and oxygen atoms in total. The molecule has 1 heterocycles. The Morgan fingerprint density at radius 3 is 2.71 bits per heavy atom. The van der Waals surface area contributed by atoms with Crippen LogP contribution in [0.25, 0.3) is 0 Å². The molecule has 1 N–H and O–H groups in total. The van der Waals surface area contributed by atoms with E-state index in [1.54, 1.807) is 6.07 Å². The summed E-state index contributed by atoms with van der Waals surface area (Å²) < 4.78 is 4.81. The second-order valence-corrected chi connectivity index (χ2v) is 6.19. The van der Waals surface area contributed by atoms with Crippen molar-refractivity contribution in [3.05, 3.63) is 51.2 Å². The molecule has 0 amide bonds. The van der Waals surface area contributed by atoms with Crippen LogP contribution in [0.4, 0.5) is 5.69 Å². The van der Waals surface area contributed by atoms with Crippen LogP contribution in [-0.4, -0.2) is 13.1 Å². The molecule has 0 spiro atoms.